The Hall–Kier alpha value is -0.830. The van der Waals surface area contributed by atoms with Gasteiger partial charge in [0.2, 0.25) is 5.89 Å². The lowest BCUT2D eigenvalue weighted by atomic mass is 10.1. The van der Waals surface area contributed by atoms with Gasteiger partial charge in [-0.3, -0.25) is 0 Å². The number of hydrogen-bond donors (Lipinski definition) is 1. The smallest absolute Gasteiger partial charge is 0.207 e. The van der Waals surface area contributed by atoms with E-state index in [1.54, 1.807) is 6.26 Å². The summed E-state index contributed by atoms with van der Waals surface area (Å²) in [7, 11) is 0. The lowest BCUT2D eigenvalue weighted by Crippen LogP contribution is -1.98. The van der Waals surface area contributed by atoms with E-state index in [1.165, 1.54) is 25.7 Å². The van der Waals surface area contributed by atoms with Gasteiger partial charge >= 0.3 is 0 Å². The van der Waals surface area contributed by atoms with Crippen LogP contribution in [-0.4, -0.2) is 4.98 Å². The molecule has 1 aromatic rings. The first-order valence-electron chi connectivity index (χ1n) is 4.54. The second-order valence-electron chi connectivity index (χ2n) is 3.35. The van der Waals surface area contributed by atoms with Crippen LogP contribution in [0.1, 0.15) is 43.2 Å². The fourth-order valence-corrected chi connectivity index (χ4v) is 1.83. The average Bonchev–Trinajstić information content (AvgIpc) is 2.75. The van der Waals surface area contributed by atoms with E-state index in [1.807, 2.05) is 0 Å². The Balaban J connectivity index is 2.11. The standard InChI is InChI=1S/C9H14N2O/c10-5-9-11-8(6-12-9)7-3-1-2-4-7/h6-7H,1-5,10H2. The number of rotatable bonds is 2. The first kappa shape index (κ1) is 7.80. The van der Waals surface area contributed by atoms with Crippen molar-refractivity contribution in [3.63, 3.8) is 0 Å². The van der Waals surface area contributed by atoms with Crippen LogP contribution in [0, 0.1) is 0 Å². The van der Waals surface area contributed by atoms with Gasteiger partial charge in [0.25, 0.3) is 0 Å². The van der Waals surface area contributed by atoms with E-state index >= 15 is 0 Å². The number of aromatic nitrogens is 1. The van der Waals surface area contributed by atoms with Gasteiger partial charge in [0.1, 0.15) is 6.26 Å². The summed E-state index contributed by atoms with van der Waals surface area (Å²) in [4.78, 5) is 4.32. The maximum absolute atomic E-state index is 5.41. The Morgan fingerprint density at radius 1 is 1.50 bits per heavy atom. The molecule has 1 saturated carbocycles. The molecule has 1 aromatic heterocycles. The third-order valence-electron chi connectivity index (χ3n) is 2.52. The van der Waals surface area contributed by atoms with Crippen LogP contribution in [-0.2, 0) is 6.54 Å². The SMILES string of the molecule is NCc1nc(C2CCCC2)co1. The first-order valence-corrected chi connectivity index (χ1v) is 4.54. The van der Waals surface area contributed by atoms with Crippen LogP contribution in [0.15, 0.2) is 10.7 Å². The molecule has 0 spiro atoms. The number of hydrogen-bond acceptors (Lipinski definition) is 3. The lowest BCUT2D eigenvalue weighted by Gasteiger charge is -2.01. The molecule has 12 heavy (non-hydrogen) atoms. The summed E-state index contributed by atoms with van der Waals surface area (Å²) in [6, 6.07) is 0. The van der Waals surface area contributed by atoms with Crippen LogP contribution in [0.2, 0.25) is 0 Å². The number of nitrogens with zero attached hydrogens (tertiary/aromatic N) is 1. The highest BCUT2D eigenvalue weighted by atomic mass is 16.3. The van der Waals surface area contributed by atoms with Crippen molar-refractivity contribution in [2.75, 3.05) is 0 Å². The van der Waals surface area contributed by atoms with Crippen molar-refractivity contribution in [1.82, 2.24) is 4.98 Å². The molecule has 0 amide bonds. The minimum absolute atomic E-state index is 0.409. The van der Waals surface area contributed by atoms with Crippen LogP contribution in [0.3, 0.4) is 0 Å². The zero-order valence-electron chi connectivity index (χ0n) is 7.12. The molecule has 0 bridgehead atoms. The highest BCUT2D eigenvalue weighted by Gasteiger charge is 2.19. The molecule has 2 N–H and O–H groups in total. The Morgan fingerprint density at radius 2 is 2.25 bits per heavy atom. The van der Waals surface area contributed by atoms with Crippen molar-refractivity contribution in [3.05, 3.63) is 17.8 Å². The summed E-state index contributed by atoms with van der Waals surface area (Å²) >= 11 is 0. The molecular weight excluding hydrogens is 152 g/mol. The minimum Gasteiger partial charge on any atom is -0.447 e. The van der Waals surface area contributed by atoms with E-state index in [0.717, 1.165) is 5.69 Å². The molecule has 66 valence electrons. The molecule has 0 unspecified atom stereocenters. The second-order valence-corrected chi connectivity index (χ2v) is 3.35. The fraction of sp³-hybridized carbons (Fsp3) is 0.667. The Kier molecular flexibility index (Phi) is 2.13. The molecule has 3 heteroatoms. The summed E-state index contributed by atoms with van der Waals surface area (Å²) in [6.45, 7) is 0.409. The van der Waals surface area contributed by atoms with Crippen LogP contribution in [0.25, 0.3) is 0 Å². The van der Waals surface area contributed by atoms with Gasteiger partial charge in [-0.1, -0.05) is 12.8 Å². The molecule has 3 nitrogen and oxygen atoms in total. The van der Waals surface area contributed by atoms with E-state index in [2.05, 4.69) is 4.98 Å². The zero-order chi connectivity index (χ0) is 8.39. The molecule has 0 aliphatic heterocycles. The van der Waals surface area contributed by atoms with Gasteiger partial charge in [0.15, 0.2) is 0 Å². The van der Waals surface area contributed by atoms with Crippen molar-refractivity contribution < 1.29 is 4.42 Å². The van der Waals surface area contributed by atoms with Crippen LogP contribution >= 0.6 is 0 Å². The Bertz CT molecular complexity index is 251. The van der Waals surface area contributed by atoms with Crippen molar-refractivity contribution >= 4 is 0 Å². The molecule has 0 aromatic carbocycles. The molecule has 1 aliphatic rings. The highest BCUT2D eigenvalue weighted by molar-refractivity contribution is 5.05. The molecule has 1 heterocycles. The van der Waals surface area contributed by atoms with Gasteiger partial charge < -0.3 is 10.2 Å². The van der Waals surface area contributed by atoms with Gasteiger partial charge in [-0.15, -0.1) is 0 Å². The molecule has 0 radical (unpaired) electrons. The van der Waals surface area contributed by atoms with Crippen molar-refractivity contribution in [3.8, 4) is 0 Å². The number of oxazole rings is 1. The summed E-state index contributed by atoms with van der Waals surface area (Å²) in [5.74, 6) is 1.30. The predicted octanol–water partition coefficient (Wildman–Crippen LogP) is 1.79. The third-order valence-corrected chi connectivity index (χ3v) is 2.52. The van der Waals surface area contributed by atoms with E-state index in [9.17, 15) is 0 Å². The van der Waals surface area contributed by atoms with Gasteiger partial charge in [-0.25, -0.2) is 4.98 Å². The molecule has 2 rings (SSSR count). The van der Waals surface area contributed by atoms with Gasteiger partial charge in [0.05, 0.1) is 12.2 Å². The lowest BCUT2D eigenvalue weighted by molar-refractivity contribution is 0.496. The monoisotopic (exact) mass is 166 g/mol. The Labute approximate surface area is 72.0 Å². The highest BCUT2D eigenvalue weighted by Crippen LogP contribution is 2.33. The predicted molar refractivity (Wildman–Crippen MR) is 45.6 cm³/mol. The van der Waals surface area contributed by atoms with Gasteiger partial charge in [0, 0.05) is 5.92 Å². The van der Waals surface area contributed by atoms with Gasteiger partial charge in [-0.05, 0) is 12.8 Å². The van der Waals surface area contributed by atoms with Crippen molar-refractivity contribution in [2.45, 2.75) is 38.1 Å². The summed E-state index contributed by atoms with van der Waals surface area (Å²) in [5.41, 5.74) is 6.51. The Morgan fingerprint density at radius 3 is 2.83 bits per heavy atom. The van der Waals surface area contributed by atoms with Crippen molar-refractivity contribution in [1.29, 1.82) is 0 Å². The van der Waals surface area contributed by atoms with E-state index in [-0.39, 0.29) is 0 Å². The normalized spacial score (nSPS) is 18.8. The summed E-state index contributed by atoms with van der Waals surface area (Å²) < 4.78 is 5.19. The van der Waals surface area contributed by atoms with E-state index < -0.39 is 0 Å². The topological polar surface area (TPSA) is 52.0 Å². The molecule has 0 atom stereocenters. The third kappa shape index (κ3) is 1.37. The molecule has 1 aliphatic carbocycles. The maximum atomic E-state index is 5.41. The largest absolute Gasteiger partial charge is 0.447 e. The maximum Gasteiger partial charge on any atom is 0.207 e. The van der Waals surface area contributed by atoms with Crippen molar-refractivity contribution in [2.24, 2.45) is 5.73 Å². The molecule has 0 saturated heterocycles. The average molecular weight is 166 g/mol. The first-order chi connectivity index (χ1) is 5.90. The zero-order valence-corrected chi connectivity index (χ0v) is 7.12. The quantitative estimate of drug-likeness (QED) is 0.728. The molecule has 1 fully saturated rings. The van der Waals surface area contributed by atoms with Crippen LogP contribution < -0.4 is 5.73 Å². The van der Waals surface area contributed by atoms with E-state index in [0.29, 0.717) is 18.4 Å². The summed E-state index contributed by atoms with van der Waals surface area (Å²) in [5, 5.41) is 0. The second kappa shape index (κ2) is 3.27. The fourth-order valence-electron chi connectivity index (χ4n) is 1.83. The van der Waals surface area contributed by atoms with Crippen LogP contribution in [0.4, 0.5) is 0 Å². The number of nitrogens with two attached hydrogens (primary N) is 1. The minimum atomic E-state index is 0.409. The molecular formula is C9H14N2O. The van der Waals surface area contributed by atoms with Crippen LogP contribution in [0.5, 0.6) is 0 Å². The van der Waals surface area contributed by atoms with E-state index in [4.69, 9.17) is 10.2 Å². The van der Waals surface area contributed by atoms with Gasteiger partial charge in [-0.2, -0.15) is 0 Å². The summed E-state index contributed by atoms with van der Waals surface area (Å²) in [6.07, 6.45) is 6.94.